The SMILES string of the molecule is C=CC(=O)c1c(OC)cncc1OC. The number of hydrogen-bond donors (Lipinski definition) is 0. The first-order valence-electron chi connectivity index (χ1n) is 3.97. The monoisotopic (exact) mass is 193 g/mol. The van der Waals surface area contributed by atoms with Crippen molar-refractivity contribution in [2.45, 2.75) is 0 Å². The molecule has 0 aliphatic rings. The smallest absolute Gasteiger partial charge is 0.192 e. The molecule has 0 unspecified atom stereocenters. The van der Waals surface area contributed by atoms with Crippen LogP contribution in [0.15, 0.2) is 25.0 Å². The second-order valence-electron chi connectivity index (χ2n) is 2.49. The Kier molecular flexibility index (Phi) is 3.23. The molecule has 0 atom stereocenters. The Labute approximate surface area is 82.2 Å². The molecule has 1 aromatic heterocycles. The van der Waals surface area contributed by atoms with Gasteiger partial charge in [0.1, 0.15) is 5.56 Å². The minimum atomic E-state index is -0.249. The Bertz CT molecular complexity index is 338. The maximum absolute atomic E-state index is 11.5. The van der Waals surface area contributed by atoms with Gasteiger partial charge in [0, 0.05) is 0 Å². The van der Waals surface area contributed by atoms with Crippen LogP contribution in [-0.4, -0.2) is 25.0 Å². The van der Waals surface area contributed by atoms with Crippen molar-refractivity contribution in [3.05, 3.63) is 30.6 Å². The third-order valence-corrected chi connectivity index (χ3v) is 1.75. The van der Waals surface area contributed by atoms with Gasteiger partial charge in [-0.25, -0.2) is 0 Å². The van der Waals surface area contributed by atoms with Crippen LogP contribution in [0, 0.1) is 0 Å². The third kappa shape index (κ3) is 1.74. The van der Waals surface area contributed by atoms with Gasteiger partial charge < -0.3 is 9.47 Å². The van der Waals surface area contributed by atoms with Crippen molar-refractivity contribution >= 4 is 5.78 Å². The zero-order valence-electron chi connectivity index (χ0n) is 8.11. The number of hydrogen-bond acceptors (Lipinski definition) is 4. The van der Waals surface area contributed by atoms with Gasteiger partial charge in [-0.15, -0.1) is 0 Å². The van der Waals surface area contributed by atoms with Gasteiger partial charge in [-0.1, -0.05) is 6.58 Å². The van der Waals surface area contributed by atoms with E-state index in [1.807, 2.05) is 0 Å². The highest BCUT2D eigenvalue weighted by molar-refractivity contribution is 6.08. The summed E-state index contributed by atoms with van der Waals surface area (Å²) in [6.45, 7) is 3.41. The van der Waals surface area contributed by atoms with E-state index in [0.717, 1.165) is 0 Å². The van der Waals surface area contributed by atoms with Crippen molar-refractivity contribution in [1.82, 2.24) is 4.98 Å². The average molecular weight is 193 g/mol. The van der Waals surface area contributed by atoms with Crippen molar-refractivity contribution < 1.29 is 14.3 Å². The molecule has 0 spiro atoms. The highest BCUT2D eigenvalue weighted by Crippen LogP contribution is 2.27. The summed E-state index contributed by atoms with van der Waals surface area (Å²) in [5.74, 6) is 0.518. The topological polar surface area (TPSA) is 48.4 Å². The van der Waals surface area contributed by atoms with Crippen LogP contribution >= 0.6 is 0 Å². The third-order valence-electron chi connectivity index (χ3n) is 1.75. The lowest BCUT2D eigenvalue weighted by Crippen LogP contribution is -2.02. The summed E-state index contributed by atoms with van der Waals surface area (Å²) < 4.78 is 10.00. The number of methoxy groups -OCH3 is 2. The molecular weight excluding hydrogens is 182 g/mol. The number of carbonyl (C=O) groups excluding carboxylic acids is 1. The van der Waals surface area contributed by atoms with Crippen LogP contribution in [0.25, 0.3) is 0 Å². The van der Waals surface area contributed by atoms with Gasteiger partial charge in [0.05, 0.1) is 26.6 Å². The fraction of sp³-hybridized carbons (Fsp3) is 0.200. The molecule has 1 aromatic rings. The van der Waals surface area contributed by atoms with E-state index in [1.54, 1.807) is 0 Å². The first-order chi connectivity index (χ1) is 6.74. The first-order valence-corrected chi connectivity index (χ1v) is 3.97. The molecule has 0 N–H and O–H groups in total. The highest BCUT2D eigenvalue weighted by Gasteiger charge is 2.15. The Morgan fingerprint density at radius 3 is 2.21 bits per heavy atom. The normalized spacial score (nSPS) is 9.29. The second-order valence-corrected chi connectivity index (χ2v) is 2.49. The molecule has 0 bridgehead atoms. The lowest BCUT2D eigenvalue weighted by Gasteiger charge is -2.08. The van der Waals surface area contributed by atoms with Crippen molar-refractivity contribution in [3.8, 4) is 11.5 Å². The average Bonchev–Trinajstić information content (AvgIpc) is 2.26. The Balaban J connectivity index is 3.32. The minimum Gasteiger partial charge on any atom is -0.494 e. The van der Waals surface area contributed by atoms with E-state index in [-0.39, 0.29) is 5.78 Å². The number of carbonyl (C=O) groups is 1. The number of allylic oxidation sites excluding steroid dienone is 1. The molecule has 1 heterocycles. The maximum Gasteiger partial charge on any atom is 0.192 e. The van der Waals surface area contributed by atoms with Crippen LogP contribution in [0.2, 0.25) is 0 Å². The van der Waals surface area contributed by atoms with Crippen molar-refractivity contribution in [3.63, 3.8) is 0 Å². The summed E-state index contributed by atoms with van der Waals surface area (Å²) in [6, 6.07) is 0. The molecule has 0 radical (unpaired) electrons. The molecular formula is C10H11NO3. The lowest BCUT2D eigenvalue weighted by atomic mass is 10.1. The number of pyridine rings is 1. The summed E-state index contributed by atoms with van der Waals surface area (Å²) in [5.41, 5.74) is 0.347. The van der Waals surface area contributed by atoms with E-state index >= 15 is 0 Å². The number of rotatable bonds is 4. The highest BCUT2D eigenvalue weighted by atomic mass is 16.5. The molecule has 0 aromatic carbocycles. The lowest BCUT2D eigenvalue weighted by molar-refractivity contribution is 0.104. The largest absolute Gasteiger partial charge is 0.494 e. The fourth-order valence-corrected chi connectivity index (χ4v) is 1.08. The van der Waals surface area contributed by atoms with Crippen LogP contribution in [-0.2, 0) is 0 Å². The maximum atomic E-state index is 11.5. The first kappa shape index (κ1) is 10.2. The molecule has 74 valence electrons. The summed E-state index contributed by atoms with van der Waals surface area (Å²) >= 11 is 0. The standard InChI is InChI=1S/C10H11NO3/c1-4-7(12)10-8(13-2)5-11-6-9(10)14-3/h4-6H,1H2,2-3H3. The predicted octanol–water partition coefficient (Wildman–Crippen LogP) is 1.47. The Hall–Kier alpha value is -1.84. The molecule has 4 nitrogen and oxygen atoms in total. The molecule has 0 aliphatic carbocycles. The molecule has 1 rings (SSSR count). The minimum absolute atomic E-state index is 0.249. The predicted molar refractivity (Wildman–Crippen MR) is 51.9 cm³/mol. The fourth-order valence-electron chi connectivity index (χ4n) is 1.08. The van der Waals surface area contributed by atoms with Gasteiger partial charge in [-0.3, -0.25) is 9.78 Å². The zero-order chi connectivity index (χ0) is 10.6. The number of aromatic nitrogens is 1. The molecule has 0 saturated carbocycles. The van der Waals surface area contributed by atoms with Crippen LogP contribution in [0.1, 0.15) is 10.4 Å². The molecule has 4 heteroatoms. The molecule has 0 aliphatic heterocycles. The molecule has 0 fully saturated rings. The van der Waals surface area contributed by atoms with Crippen LogP contribution in [0.4, 0.5) is 0 Å². The summed E-state index contributed by atoms with van der Waals surface area (Å²) in [7, 11) is 2.94. The zero-order valence-corrected chi connectivity index (χ0v) is 8.11. The van der Waals surface area contributed by atoms with E-state index in [2.05, 4.69) is 11.6 Å². The number of ether oxygens (including phenoxy) is 2. The van der Waals surface area contributed by atoms with Crippen molar-refractivity contribution in [1.29, 1.82) is 0 Å². The number of nitrogens with zero attached hydrogens (tertiary/aromatic N) is 1. The molecule has 0 amide bonds. The summed E-state index contributed by atoms with van der Waals surface area (Å²) in [6.07, 6.45) is 4.12. The summed E-state index contributed by atoms with van der Waals surface area (Å²) in [5, 5.41) is 0. The molecule has 14 heavy (non-hydrogen) atoms. The second kappa shape index (κ2) is 4.41. The number of ketones is 1. The van der Waals surface area contributed by atoms with Crippen molar-refractivity contribution in [2.24, 2.45) is 0 Å². The van der Waals surface area contributed by atoms with Crippen molar-refractivity contribution in [2.75, 3.05) is 14.2 Å². The Morgan fingerprint density at radius 2 is 1.86 bits per heavy atom. The van der Waals surface area contributed by atoms with Gasteiger partial charge in [-0.05, 0) is 6.08 Å². The van der Waals surface area contributed by atoms with E-state index < -0.39 is 0 Å². The quantitative estimate of drug-likeness (QED) is 0.536. The van der Waals surface area contributed by atoms with Crippen LogP contribution in [0.3, 0.4) is 0 Å². The molecule has 0 saturated heterocycles. The van der Waals surface area contributed by atoms with Gasteiger partial charge in [0.15, 0.2) is 17.3 Å². The van der Waals surface area contributed by atoms with Crippen LogP contribution < -0.4 is 9.47 Å². The van der Waals surface area contributed by atoms with Crippen LogP contribution in [0.5, 0.6) is 11.5 Å². The van der Waals surface area contributed by atoms with E-state index in [1.165, 1.54) is 32.7 Å². The van der Waals surface area contributed by atoms with E-state index in [4.69, 9.17) is 9.47 Å². The Morgan fingerprint density at radius 1 is 1.36 bits per heavy atom. The van der Waals surface area contributed by atoms with Gasteiger partial charge >= 0.3 is 0 Å². The van der Waals surface area contributed by atoms with E-state index in [9.17, 15) is 4.79 Å². The summed E-state index contributed by atoms with van der Waals surface area (Å²) in [4.78, 5) is 15.3. The van der Waals surface area contributed by atoms with Gasteiger partial charge in [0.25, 0.3) is 0 Å². The van der Waals surface area contributed by atoms with E-state index in [0.29, 0.717) is 17.1 Å². The van der Waals surface area contributed by atoms with Gasteiger partial charge in [0.2, 0.25) is 0 Å². The van der Waals surface area contributed by atoms with Gasteiger partial charge in [-0.2, -0.15) is 0 Å².